The minimum absolute atomic E-state index is 0.114. The highest BCUT2D eigenvalue weighted by Gasteiger charge is 2.23. The van der Waals surface area contributed by atoms with Crippen LogP contribution in [-0.4, -0.2) is 34.0 Å². The molecule has 0 aliphatic heterocycles. The van der Waals surface area contributed by atoms with Crippen molar-refractivity contribution in [1.29, 1.82) is 0 Å². The molecule has 1 atom stereocenters. The number of hydrogen-bond donors (Lipinski definition) is 3. The summed E-state index contributed by atoms with van der Waals surface area (Å²) < 4.78 is 4.92. The molecule has 1 aromatic carbocycles. The number of aromatic nitrogens is 2. The lowest BCUT2D eigenvalue weighted by Crippen LogP contribution is -2.41. The second kappa shape index (κ2) is 7.68. The molecule has 0 saturated carbocycles. The maximum absolute atomic E-state index is 11.9. The number of urea groups is 1. The van der Waals surface area contributed by atoms with Crippen LogP contribution in [0.5, 0.6) is 0 Å². The van der Waals surface area contributed by atoms with Crippen molar-refractivity contribution >= 4 is 29.4 Å². The molecule has 9 nitrogen and oxygen atoms in total. The second-order valence-electron chi connectivity index (χ2n) is 4.65. The molecule has 0 saturated heterocycles. The van der Waals surface area contributed by atoms with Crippen molar-refractivity contribution in [1.82, 2.24) is 15.3 Å². The number of imide groups is 1. The third-order valence-corrected chi connectivity index (χ3v) is 2.84. The minimum atomic E-state index is -1.22. The Kier molecular flexibility index (Phi) is 5.40. The van der Waals surface area contributed by atoms with E-state index in [0.717, 1.165) is 0 Å². The molecule has 0 aliphatic rings. The lowest BCUT2D eigenvalue weighted by molar-refractivity contribution is -0.127. The van der Waals surface area contributed by atoms with Crippen molar-refractivity contribution in [2.45, 2.75) is 13.0 Å². The first-order chi connectivity index (χ1) is 11.5. The minimum Gasteiger partial charge on any atom is -0.448 e. The fourth-order valence-corrected chi connectivity index (χ4v) is 1.67. The Balaban J connectivity index is 1.89. The van der Waals surface area contributed by atoms with E-state index in [9.17, 15) is 14.4 Å². The molecule has 2 rings (SSSR count). The van der Waals surface area contributed by atoms with Gasteiger partial charge in [0.15, 0.2) is 17.6 Å². The zero-order valence-electron chi connectivity index (χ0n) is 12.7. The molecule has 1 unspecified atom stereocenters. The van der Waals surface area contributed by atoms with Crippen LogP contribution in [0.25, 0.3) is 0 Å². The number of nitrogens with two attached hydrogens (primary N) is 1. The van der Waals surface area contributed by atoms with Crippen LogP contribution in [0, 0.1) is 0 Å². The number of ether oxygens (including phenoxy) is 1. The molecule has 0 aliphatic carbocycles. The predicted octanol–water partition coefficient (Wildman–Crippen LogP) is 0.952. The van der Waals surface area contributed by atoms with Crippen molar-refractivity contribution in [3.63, 3.8) is 0 Å². The van der Waals surface area contributed by atoms with Gasteiger partial charge in [-0.3, -0.25) is 10.1 Å². The summed E-state index contributed by atoms with van der Waals surface area (Å²) >= 11 is 0. The fourth-order valence-electron chi connectivity index (χ4n) is 1.67. The predicted molar refractivity (Wildman–Crippen MR) is 84.9 cm³/mol. The van der Waals surface area contributed by atoms with Gasteiger partial charge in [0.25, 0.3) is 5.91 Å². The molecule has 124 valence electrons. The van der Waals surface area contributed by atoms with Gasteiger partial charge in [0, 0.05) is 18.1 Å². The average Bonchev–Trinajstić information content (AvgIpc) is 2.55. The highest BCUT2D eigenvalue weighted by molar-refractivity contribution is 6.03. The number of amides is 3. The van der Waals surface area contributed by atoms with Crippen LogP contribution in [0.2, 0.25) is 0 Å². The molecule has 0 bridgehead atoms. The number of para-hydroxylation sites is 1. The van der Waals surface area contributed by atoms with Crippen molar-refractivity contribution in [3.05, 3.63) is 48.4 Å². The maximum atomic E-state index is 11.9. The number of anilines is 2. The van der Waals surface area contributed by atoms with Crippen LogP contribution < -0.4 is 16.4 Å². The van der Waals surface area contributed by atoms with Crippen LogP contribution >= 0.6 is 0 Å². The highest BCUT2D eigenvalue weighted by atomic mass is 16.5. The summed E-state index contributed by atoms with van der Waals surface area (Å²) in [4.78, 5) is 42.9. The fraction of sp³-hybridized carbons (Fsp3) is 0.133. The average molecular weight is 329 g/mol. The Bertz CT molecular complexity index is 751. The van der Waals surface area contributed by atoms with Gasteiger partial charge in [0.1, 0.15) is 0 Å². The molecule has 0 radical (unpaired) electrons. The largest absolute Gasteiger partial charge is 0.448 e. The van der Waals surface area contributed by atoms with E-state index in [2.05, 4.69) is 20.6 Å². The number of rotatable bonds is 4. The summed E-state index contributed by atoms with van der Waals surface area (Å²) in [5, 5.41) is 4.53. The molecule has 24 heavy (non-hydrogen) atoms. The summed E-state index contributed by atoms with van der Waals surface area (Å²) in [6, 6.07) is 7.82. The van der Waals surface area contributed by atoms with Gasteiger partial charge in [-0.15, -0.1) is 0 Å². The van der Waals surface area contributed by atoms with Gasteiger partial charge in [-0.1, -0.05) is 18.2 Å². The normalized spacial score (nSPS) is 11.2. The number of nitrogens with one attached hydrogen (secondary N) is 2. The number of carbonyl (C=O) groups is 3. The molecule has 9 heteroatoms. The van der Waals surface area contributed by atoms with Gasteiger partial charge in [0.2, 0.25) is 0 Å². The first-order valence-electron chi connectivity index (χ1n) is 6.91. The lowest BCUT2D eigenvalue weighted by atomic mass is 10.3. The summed E-state index contributed by atoms with van der Waals surface area (Å²) in [6.07, 6.45) is 1.36. The lowest BCUT2D eigenvalue weighted by Gasteiger charge is -2.13. The van der Waals surface area contributed by atoms with Crippen molar-refractivity contribution in [3.8, 4) is 0 Å². The topological polar surface area (TPSA) is 136 Å². The number of nitrogens with zero attached hydrogens (tertiary/aromatic N) is 2. The Morgan fingerprint density at radius 1 is 1.12 bits per heavy atom. The summed E-state index contributed by atoms with van der Waals surface area (Å²) in [6.45, 7) is 1.32. The number of esters is 1. The van der Waals surface area contributed by atoms with E-state index in [1.54, 1.807) is 30.3 Å². The van der Waals surface area contributed by atoms with Crippen molar-refractivity contribution in [2.24, 2.45) is 0 Å². The Morgan fingerprint density at radius 2 is 1.79 bits per heavy atom. The molecule has 2 aromatic rings. The first-order valence-corrected chi connectivity index (χ1v) is 6.91. The molecular weight excluding hydrogens is 314 g/mol. The van der Waals surface area contributed by atoms with Gasteiger partial charge < -0.3 is 15.8 Å². The zero-order valence-corrected chi connectivity index (χ0v) is 12.7. The van der Waals surface area contributed by atoms with Gasteiger partial charge >= 0.3 is 12.0 Å². The highest BCUT2D eigenvalue weighted by Crippen LogP contribution is 2.07. The van der Waals surface area contributed by atoms with E-state index in [-0.39, 0.29) is 11.5 Å². The van der Waals surface area contributed by atoms with Crippen LogP contribution in [-0.2, 0) is 9.53 Å². The molecular formula is C15H15N5O4. The van der Waals surface area contributed by atoms with Gasteiger partial charge in [-0.05, 0) is 19.1 Å². The summed E-state index contributed by atoms with van der Waals surface area (Å²) in [5.74, 6) is -1.82. The molecule has 1 heterocycles. The van der Waals surface area contributed by atoms with Crippen LogP contribution in [0.3, 0.4) is 0 Å². The third-order valence-electron chi connectivity index (χ3n) is 2.84. The Hall–Kier alpha value is -3.49. The van der Waals surface area contributed by atoms with E-state index in [4.69, 9.17) is 10.5 Å². The number of benzene rings is 1. The molecule has 3 amide bonds. The third kappa shape index (κ3) is 4.50. The van der Waals surface area contributed by atoms with Crippen LogP contribution in [0.4, 0.5) is 16.3 Å². The Morgan fingerprint density at radius 3 is 2.46 bits per heavy atom. The quantitative estimate of drug-likeness (QED) is 0.710. The molecule has 1 aromatic heterocycles. The summed E-state index contributed by atoms with van der Waals surface area (Å²) in [5.41, 5.74) is 5.81. The van der Waals surface area contributed by atoms with Gasteiger partial charge in [-0.2, -0.15) is 0 Å². The van der Waals surface area contributed by atoms with E-state index in [1.807, 2.05) is 0 Å². The van der Waals surface area contributed by atoms with Gasteiger partial charge in [0.05, 0.1) is 0 Å². The summed E-state index contributed by atoms with van der Waals surface area (Å²) in [7, 11) is 0. The molecule has 0 spiro atoms. The van der Waals surface area contributed by atoms with E-state index in [1.165, 1.54) is 19.3 Å². The van der Waals surface area contributed by atoms with E-state index in [0.29, 0.717) is 5.69 Å². The monoisotopic (exact) mass is 329 g/mol. The standard InChI is InChI=1S/C15H15N5O4/c1-9(24-14(22)11-12(16)18-8-7-17-11)13(21)20-15(23)19-10-5-3-2-4-6-10/h2-9H,1H3,(H2,16,18)(H2,19,20,21,23). The maximum Gasteiger partial charge on any atom is 0.361 e. The van der Waals surface area contributed by atoms with Crippen molar-refractivity contribution in [2.75, 3.05) is 11.1 Å². The van der Waals surface area contributed by atoms with Gasteiger partial charge in [-0.25, -0.2) is 19.6 Å². The van der Waals surface area contributed by atoms with E-state index >= 15 is 0 Å². The smallest absolute Gasteiger partial charge is 0.361 e. The molecule has 4 N–H and O–H groups in total. The SMILES string of the molecule is CC(OC(=O)c1nccnc1N)C(=O)NC(=O)Nc1ccccc1. The van der Waals surface area contributed by atoms with Crippen LogP contribution in [0.1, 0.15) is 17.4 Å². The number of hydrogen-bond acceptors (Lipinski definition) is 7. The van der Waals surface area contributed by atoms with E-state index < -0.39 is 24.0 Å². The van der Waals surface area contributed by atoms with Crippen LogP contribution in [0.15, 0.2) is 42.7 Å². The Labute approximate surface area is 137 Å². The second-order valence-corrected chi connectivity index (χ2v) is 4.65. The zero-order chi connectivity index (χ0) is 17.5. The number of nitrogen functional groups attached to an aromatic ring is 1. The molecule has 0 fully saturated rings. The number of carbonyl (C=O) groups excluding carboxylic acids is 3. The first kappa shape index (κ1) is 16.9. The van der Waals surface area contributed by atoms with Crippen molar-refractivity contribution < 1.29 is 19.1 Å².